The van der Waals surface area contributed by atoms with E-state index >= 15 is 0 Å². The number of aromatic nitrogens is 3. The summed E-state index contributed by atoms with van der Waals surface area (Å²) in [6.07, 6.45) is 0. The van der Waals surface area contributed by atoms with E-state index in [4.69, 9.17) is 31.0 Å². The van der Waals surface area contributed by atoms with Crippen LogP contribution in [0.5, 0.6) is 0 Å². The maximum absolute atomic E-state index is 6.51. The van der Waals surface area contributed by atoms with Crippen LogP contribution in [0.15, 0.2) is 114 Å². The van der Waals surface area contributed by atoms with Gasteiger partial charge in [-0.05, 0) is 36.4 Å². The van der Waals surface area contributed by atoms with Crippen LogP contribution >= 0.6 is 22.9 Å². The van der Waals surface area contributed by atoms with Gasteiger partial charge in [0, 0.05) is 42.9 Å². The highest BCUT2D eigenvalue weighted by Gasteiger charge is 2.18. The number of rotatable bonds is 3. The largest absolute Gasteiger partial charge is 0.456 e. The van der Waals surface area contributed by atoms with E-state index in [1.807, 2.05) is 72.8 Å². The van der Waals surface area contributed by atoms with Gasteiger partial charge >= 0.3 is 0 Å². The van der Waals surface area contributed by atoms with E-state index < -0.39 is 0 Å². The second-order valence-corrected chi connectivity index (χ2v) is 10.8. The van der Waals surface area contributed by atoms with Crippen molar-refractivity contribution >= 4 is 65.0 Å². The average molecular weight is 540 g/mol. The molecule has 184 valence electrons. The molecule has 0 aliphatic carbocycles. The summed E-state index contributed by atoms with van der Waals surface area (Å²) in [4.78, 5) is 15.0. The zero-order chi connectivity index (χ0) is 25.9. The highest BCUT2D eigenvalue weighted by atomic mass is 35.5. The van der Waals surface area contributed by atoms with Gasteiger partial charge in [-0.2, -0.15) is 0 Å². The van der Waals surface area contributed by atoms with E-state index in [9.17, 15) is 0 Å². The lowest BCUT2D eigenvalue weighted by Gasteiger charge is -2.09. The number of para-hydroxylation sites is 1. The predicted molar refractivity (Wildman–Crippen MR) is 161 cm³/mol. The summed E-state index contributed by atoms with van der Waals surface area (Å²) in [7, 11) is 0. The first-order valence-electron chi connectivity index (χ1n) is 12.6. The van der Waals surface area contributed by atoms with E-state index in [1.54, 1.807) is 11.3 Å². The van der Waals surface area contributed by atoms with Crippen molar-refractivity contribution in [2.45, 2.75) is 0 Å². The van der Waals surface area contributed by atoms with Gasteiger partial charge in [0.1, 0.15) is 11.2 Å². The summed E-state index contributed by atoms with van der Waals surface area (Å²) in [5.74, 6) is 1.85. The highest BCUT2D eigenvalue weighted by molar-refractivity contribution is 7.26. The third-order valence-electron chi connectivity index (χ3n) is 7.02. The number of benzene rings is 5. The standard InChI is InChI=1S/C33H18ClN3OS/c34-25-13-6-11-21-24-18-20(16-17-28(24)39-30(21)25)32-35-31(19-8-2-1-3-9-19)36-33(37-32)23-12-7-15-27-29(23)22-10-4-5-14-26(22)38-27/h1-18H. The summed E-state index contributed by atoms with van der Waals surface area (Å²) in [5.41, 5.74) is 4.41. The first-order valence-corrected chi connectivity index (χ1v) is 13.8. The first-order chi connectivity index (χ1) is 19.2. The Bertz CT molecular complexity index is 2200. The van der Waals surface area contributed by atoms with Gasteiger partial charge in [0.05, 0.1) is 9.72 Å². The number of furan rings is 1. The molecule has 39 heavy (non-hydrogen) atoms. The van der Waals surface area contributed by atoms with Crippen molar-refractivity contribution in [1.29, 1.82) is 0 Å². The second kappa shape index (κ2) is 8.73. The van der Waals surface area contributed by atoms with Gasteiger partial charge in [-0.15, -0.1) is 11.3 Å². The van der Waals surface area contributed by atoms with Crippen LogP contribution in [-0.2, 0) is 0 Å². The molecule has 0 fully saturated rings. The Kier molecular flexibility index (Phi) is 5.02. The van der Waals surface area contributed by atoms with Crippen molar-refractivity contribution in [3.8, 4) is 34.2 Å². The number of hydrogen-bond donors (Lipinski definition) is 0. The minimum absolute atomic E-state index is 0.606. The second-order valence-electron chi connectivity index (χ2n) is 9.38. The molecule has 6 heteroatoms. The van der Waals surface area contributed by atoms with E-state index in [0.717, 1.165) is 59.1 Å². The van der Waals surface area contributed by atoms with Crippen LogP contribution in [0.25, 0.3) is 76.3 Å². The monoisotopic (exact) mass is 539 g/mol. The molecule has 0 aliphatic rings. The minimum Gasteiger partial charge on any atom is -0.456 e. The van der Waals surface area contributed by atoms with Crippen LogP contribution in [0.1, 0.15) is 0 Å². The van der Waals surface area contributed by atoms with Gasteiger partial charge in [0.15, 0.2) is 17.5 Å². The maximum atomic E-state index is 6.51. The lowest BCUT2D eigenvalue weighted by atomic mass is 10.1. The molecule has 8 rings (SSSR count). The molecule has 0 spiro atoms. The molecule has 4 nitrogen and oxygen atoms in total. The van der Waals surface area contributed by atoms with E-state index in [-0.39, 0.29) is 0 Å². The maximum Gasteiger partial charge on any atom is 0.164 e. The SMILES string of the molecule is Clc1cccc2c1sc1ccc(-c3nc(-c4ccccc4)nc(-c4cccc5oc6ccccc6c45)n3)cc12. The molecule has 0 atom stereocenters. The van der Waals surface area contributed by atoms with Gasteiger partial charge in [0.25, 0.3) is 0 Å². The fourth-order valence-electron chi connectivity index (χ4n) is 5.21. The Labute approximate surface area is 232 Å². The molecule has 3 heterocycles. The summed E-state index contributed by atoms with van der Waals surface area (Å²) < 4.78 is 8.42. The minimum atomic E-state index is 0.606. The average Bonchev–Trinajstić information content (AvgIpc) is 3.56. The zero-order valence-corrected chi connectivity index (χ0v) is 22.0. The summed E-state index contributed by atoms with van der Waals surface area (Å²) in [6.45, 7) is 0. The number of hydrogen-bond acceptors (Lipinski definition) is 5. The third kappa shape index (κ3) is 3.62. The van der Waals surface area contributed by atoms with E-state index in [2.05, 4.69) is 36.4 Å². The molecule has 0 saturated carbocycles. The van der Waals surface area contributed by atoms with Crippen molar-refractivity contribution in [3.63, 3.8) is 0 Å². The molecule has 0 amide bonds. The van der Waals surface area contributed by atoms with Crippen molar-refractivity contribution in [1.82, 2.24) is 15.0 Å². The fourth-order valence-corrected chi connectivity index (χ4v) is 6.58. The smallest absolute Gasteiger partial charge is 0.164 e. The first kappa shape index (κ1) is 22.4. The Morgan fingerprint density at radius 1 is 0.564 bits per heavy atom. The van der Waals surface area contributed by atoms with Crippen LogP contribution < -0.4 is 0 Å². The zero-order valence-electron chi connectivity index (χ0n) is 20.4. The molecule has 0 bridgehead atoms. The Balaban J connectivity index is 1.40. The lowest BCUT2D eigenvalue weighted by Crippen LogP contribution is -2.00. The van der Waals surface area contributed by atoms with Gasteiger partial charge in [-0.3, -0.25) is 0 Å². The Hall–Kier alpha value is -4.58. The van der Waals surface area contributed by atoms with Crippen LogP contribution in [0, 0.1) is 0 Å². The third-order valence-corrected chi connectivity index (χ3v) is 8.66. The van der Waals surface area contributed by atoms with Gasteiger partial charge in [0.2, 0.25) is 0 Å². The van der Waals surface area contributed by atoms with Gasteiger partial charge in [-0.1, -0.05) is 84.4 Å². The lowest BCUT2D eigenvalue weighted by molar-refractivity contribution is 0.669. The normalized spacial score (nSPS) is 11.7. The number of nitrogens with zero attached hydrogens (tertiary/aromatic N) is 3. The molecule has 8 aromatic rings. The van der Waals surface area contributed by atoms with Crippen molar-refractivity contribution in [3.05, 3.63) is 114 Å². The van der Waals surface area contributed by atoms with Crippen molar-refractivity contribution in [2.24, 2.45) is 0 Å². The van der Waals surface area contributed by atoms with E-state index in [0.29, 0.717) is 17.5 Å². The van der Waals surface area contributed by atoms with Crippen LogP contribution in [0.3, 0.4) is 0 Å². The summed E-state index contributed by atoms with van der Waals surface area (Å²) in [5, 5.41) is 5.08. The summed E-state index contributed by atoms with van der Waals surface area (Å²) >= 11 is 8.21. The van der Waals surface area contributed by atoms with Crippen LogP contribution in [-0.4, -0.2) is 15.0 Å². The van der Waals surface area contributed by atoms with Crippen LogP contribution in [0.4, 0.5) is 0 Å². The Morgan fingerprint density at radius 2 is 1.28 bits per heavy atom. The van der Waals surface area contributed by atoms with Gasteiger partial charge in [-0.25, -0.2) is 15.0 Å². The fraction of sp³-hybridized carbons (Fsp3) is 0. The van der Waals surface area contributed by atoms with Gasteiger partial charge < -0.3 is 4.42 Å². The molecule has 0 radical (unpaired) electrons. The number of thiophene rings is 1. The molecule has 0 N–H and O–H groups in total. The molecular weight excluding hydrogens is 522 g/mol. The topological polar surface area (TPSA) is 51.8 Å². The molecule has 0 aliphatic heterocycles. The molecular formula is C33H18ClN3OS. The number of halogens is 1. The number of fused-ring (bicyclic) bond motifs is 6. The van der Waals surface area contributed by atoms with Crippen molar-refractivity contribution < 1.29 is 4.42 Å². The molecule has 5 aromatic carbocycles. The van der Waals surface area contributed by atoms with E-state index in [1.165, 1.54) is 4.70 Å². The molecule has 3 aromatic heterocycles. The van der Waals surface area contributed by atoms with Crippen molar-refractivity contribution in [2.75, 3.05) is 0 Å². The molecule has 0 unspecified atom stereocenters. The van der Waals surface area contributed by atoms with Crippen LogP contribution in [0.2, 0.25) is 5.02 Å². The summed E-state index contributed by atoms with van der Waals surface area (Å²) in [6, 6.07) is 36.5. The predicted octanol–water partition coefficient (Wildman–Crippen LogP) is 9.79. The quantitative estimate of drug-likeness (QED) is 0.224. The Morgan fingerprint density at radius 3 is 2.18 bits per heavy atom. The molecule has 0 saturated heterocycles. The highest BCUT2D eigenvalue weighted by Crippen LogP contribution is 2.40.